The number of hydrogen-bond donors (Lipinski definition) is 1. The highest BCUT2D eigenvalue weighted by molar-refractivity contribution is 5.30. The SMILES string of the molecule is Cc1ccc(C)c(CNC(C)c2ccco2)c1. The van der Waals surface area contributed by atoms with Gasteiger partial charge in [0, 0.05) is 6.54 Å². The average Bonchev–Trinajstić information content (AvgIpc) is 2.83. The number of nitrogens with one attached hydrogen (secondary N) is 1. The van der Waals surface area contributed by atoms with Gasteiger partial charge in [-0.3, -0.25) is 0 Å². The number of benzene rings is 1. The minimum absolute atomic E-state index is 0.241. The van der Waals surface area contributed by atoms with Gasteiger partial charge in [-0.2, -0.15) is 0 Å². The van der Waals surface area contributed by atoms with Gasteiger partial charge in [-0.1, -0.05) is 23.8 Å². The molecule has 0 radical (unpaired) electrons. The molecule has 1 N–H and O–H groups in total. The van der Waals surface area contributed by atoms with Crippen molar-refractivity contribution in [2.75, 3.05) is 0 Å². The Kier molecular flexibility index (Phi) is 3.64. The van der Waals surface area contributed by atoms with Crippen LogP contribution in [0, 0.1) is 13.8 Å². The quantitative estimate of drug-likeness (QED) is 0.863. The molecule has 0 aliphatic rings. The van der Waals surface area contributed by atoms with Crippen LogP contribution in [0.1, 0.15) is 35.4 Å². The molecule has 0 saturated heterocycles. The zero-order valence-electron chi connectivity index (χ0n) is 10.7. The van der Waals surface area contributed by atoms with Crippen LogP contribution in [0.15, 0.2) is 41.0 Å². The first-order valence-electron chi connectivity index (χ1n) is 6.00. The molecule has 2 aromatic rings. The van der Waals surface area contributed by atoms with Gasteiger partial charge in [-0.25, -0.2) is 0 Å². The number of rotatable bonds is 4. The van der Waals surface area contributed by atoms with Crippen molar-refractivity contribution in [2.24, 2.45) is 0 Å². The van der Waals surface area contributed by atoms with Crippen LogP contribution < -0.4 is 5.32 Å². The average molecular weight is 229 g/mol. The molecule has 2 rings (SSSR count). The lowest BCUT2D eigenvalue weighted by molar-refractivity contribution is 0.430. The van der Waals surface area contributed by atoms with E-state index in [1.54, 1.807) is 6.26 Å². The topological polar surface area (TPSA) is 25.2 Å². The van der Waals surface area contributed by atoms with Crippen molar-refractivity contribution < 1.29 is 4.42 Å². The Morgan fingerprint density at radius 1 is 1.24 bits per heavy atom. The maximum atomic E-state index is 5.38. The second kappa shape index (κ2) is 5.19. The van der Waals surface area contributed by atoms with E-state index in [1.807, 2.05) is 12.1 Å². The maximum absolute atomic E-state index is 5.38. The minimum Gasteiger partial charge on any atom is -0.468 e. The number of aryl methyl sites for hydroxylation is 2. The van der Waals surface area contributed by atoms with Gasteiger partial charge >= 0.3 is 0 Å². The summed E-state index contributed by atoms with van der Waals surface area (Å²) in [5, 5.41) is 3.48. The summed E-state index contributed by atoms with van der Waals surface area (Å²) in [6, 6.07) is 10.7. The molecule has 1 aromatic carbocycles. The molecule has 0 fully saturated rings. The van der Waals surface area contributed by atoms with Crippen LogP contribution in [0.4, 0.5) is 0 Å². The largest absolute Gasteiger partial charge is 0.468 e. The monoisotopic (exact) mass is 229 g/mol. The van der Waals surface area contributed by atoms with Gasteiger partial charge in [0.1, 0.15) is 5.76 Å². The van der Waals surface area contributed by atoms with Crippen LogP contribution in [-0.4, -0.2) is 0 Å². The molecule has 1 atom stereocenters. The first-order chi connectivity index (χ1) is 8.16. The fourth-order valence-electron chi connectivity index (χ4n) is 1.89. The molecule has 2 nitrogen and oxygen atoms in total. The lowest BCUT2D eigenvalue weighted by Crippen LogP contribution is -2.18. The Balaban J connectivity index is 2.00. The van der Waals surface area contributed by atoms with E-state index < -0.39 is 0 Å². The zero-order valence-corrected chi connectivity index (χ0v) is 10.7. The van der Waals surface area contributed by atoms with Crippen LogP contribution in [0.25, 0.3) is 0 Å². The first kappa shape index (κ1) is 11.9. The summed E-state index contributed by atoms with van der Waals surface area (Å²) in [6.45, 7) is 7.26. The predicted octanol–water partition coefficient (Wildman–Crippen LogP) is 3.75. The molecule has 0 bridgehead atoms. The van der Waals surface area contributed by atoms with Crippen molar-refractivity contribution in [1.29, 1.82) is 0 Å². The van der Waals surface area contributed by atoms with Crippen LogP contribution in [0.5, 0.6) is 0 Å². The minimum atomic E-state index is 0.241. The van der Waals surface area contributed by atoms with Crippen molar-refractivity contribution >= 4 is 0 Å². The molecule has 1 aromatic heterocycles. The Labute approximate surface area is 103 Å². The highest BCUT2D eigenvalue weighted by atomic mass is 16.3. The van der Waals surface area contributed by atoms with E-state index >= 15 is 0 Å². The molecular formula is C15H19NO. The van der Waals surface area contributed by atoms with E-state index in [-0.39, 0.29) is 6.04 Å². The van der Waals surface area contributed by atoms with E-state index in [9.17, 15) is 0 Å². The van der Waals surface area contributed by atoms with E-state index in [0.717, 1.165) is 12.3 Å². The molecule has 0 spiro atoms. The lowest BCUT2D eigenvalue weighted by atomic mass is 10.1. The van der Waals surface area contributed by atoms with Gasteiger partial charge in [0.25, 0.3) is 0 Å². The van der Waals surface area contributed by atoms with Gasteiger partial charge in [0.05, 0.1) is 12.3 Å². The fourth-order valence-corrected chi connectivity index (χ4v) is 1.89. The first-order valence-corrected chi connectivity index (χ1v) is 6.00. The van der Waals surface area contributed by atoms with E-state index in [0.29, 0.717) is 0 Å². The summed E-state index contributed by atoms with van der Waals surface area (Å²) in [7, 11) is 0. The molecule has 90 valence electrons. The number of furan rings is 1. The van der Waals surface area contributed by atoms with Crippen molar-refractivity contribution in [1.82, 2.24) is 5.32 Å². The summed E-state index contributed by atoms with van der Waals surface area (Å²) in [6.07, 6.45) is 1.71. The second-order valence-electron chi connectivity index (χ2n) is 4.55. The maximum Gasteiger partial charge on any atom is 0.120 e. The molecule has 0 amide bonds. The third-order valence-corrected chi connectivity index (χ3v) is 3.07. The Morgan fingerprint density at radius 3 is 2.76 bits per heavy atom. The standard InChI is InChI=1S/C15H19NO/c1-11-6-7-12(2)14(9-11)10-16-13(3)15-5-4-8-17-15/h4-9,13,16H,10H2,1-3H3. The molecule has 0 aliphatic heterocycles. The molecule has 0 aliphatic carbocycles. The highest BCUT2D eigenvalue weighted by Crippen LogP contribution is 2.15. The van der Waals surface area contributed by atoms with Crippen LogP contribution in [-0.2, 0) is 6.54 Å². The Morgan fingerprint density at radius 2 is 2.06 bits per heavy atom. The summed E-state index contributed by atoms with van der Waals surface area (Å²) >= 11 is 0. The van der Waals surface area contributed by atoms with E-state index in [1.165, 1.54) is 16.7 Å². The smallest absolute Gasteiger partial charge is 0.120 e. The van der Waals surface area contributed by atoms with E-state index in [2.05, 4.69) is 44.3 Å². The summed E-state index contributed by atoms with van der Waals surface area (Å²) in [5.41, 5.74) is 3.98. The van der Waals surface area contributed by atoms with Crippen LogP contribution in [0.2, 0.25) is 0 Å². The summed E-state index contributed by atoms with van der Waals surface area (Å²) in [4.78, 5) is 0. The Bertz CT molecular complexity index is 474. The van der Waals surface area contributed by atoms with Gasteiger partial charge < -0.3 is 9.73 Å². The fraction of sp³-hybridized carbons (Fsp3) is 0.333. The summed E-state index contributed by atoms with van der Waals surface area (Å²) < 4.78 is 5.38. The molecule has 17 heavy (non-hydrogen) atoms. The van der Waals surface area contributed by atoms with Crippen molar-refractivity contribution in [3.05, 3.63) is 59.0 Å². The second-order valence-corrected chi connectivity index (χ2v) is 4.55. The third kappa shape index (κ3) is 2.98. The number of hydrogen-bond acceptors (Lipinski definition) is 2. The molecule has 0 saturated carbocycles. The molecular weight excluding hydrogens is 210 g/mol. The van der Waals surface area contributed by atoms with Crippen molar-refractivity contribution in [3.8, 4) is 0 Å². The normalized spacial score (nSPS) is 12.6. The van der Waals surface area contributed by atoms with Gasteiger partial charge in [0.15, 0.2) is 0 Å². The van der Waals surface area contributed by atoms with E-state index in [4.69, 9.17) is 4.42 Å². The van der Waals surface area contributed by atoms with Gasteiger partial charge in [-0.15, -0.1) is 0 Å². The third-order valence-electron chi connectivity index (χ3n) is 3.07. The van der Waals surface area contributed by atoms with Gasteiger partial charge in [0.2, 0.25) is 0 Å². The van der Waals surface area contributed by atoms with Crippen LogP contribution >= 0.6 is 0 Å². The van der Waals surface area contributed by atoms with Crippen molar-refractivity contribution in [2.45, 2.75) is 33.4 Å². The van der Waals surface area contributed by atoms with Crippen molar-refractivity contribution in [3.63, 3.8) is 0 Å². The van der Waals surface area contributed by atoms with Crippen LogP contribution in [0.3, 0.4) is 0 Å². The predicted molar refractivity (Wildman–Crippen MR) is 69.9 cm³/mol. The lowest BCUT2D eigenvalue weighted by Gasteiger charge is -2.13. The Hall–Kier alpha value is -1.54. The zero-order chi connectivity index (χ0) is 12.3. The highest BCUT2D eigenvalue weighted by Gasteiger charge is 2.07. The molecule has 1 unspecified atom stereocenters. The molecule has 1 heterocycles. The molecule has 2 heteroatoms. The van der Waals surface area contributed by atoms with Gasteiger partial charge in [-0.05, 0) is 44.0 Å². The summed E-state index contributed by atoms with van der Waals surface area (Å²) in [5.74, 6) is 0.982.